The quantitative estimate of drug-likeness (QED) is 0.701. The molecule has 1 aromatic carbocycles. The number of para-hydroxylation sites is 2. The van der Waals surface area contributed by atoms with E-state index in [1.54, 1.807) is 19.2 Å². The number of benzene rings is 1. The van der Waals surface area contributed by atoms with Crippen molar-refractivity contribution >= 4 is 17.5 Å². The predicted molar refractivity (Wildman–Crippen MR) is 81.9 cm³/mol. The maximum Gasteiger partial charge on any atom is 0.239 e. The van der Waals surface area contributed by atoms with Gasteiger partial charge < -0.3 is 20.7 Å². The van der Waals surface area contributed by atoms with Crippen molar-refractivity contribution < 1.29 is 14.3 Å². The van der Waals surface area contributed by atoms with E-state index in [1.807, 2.05) is 19.1 Å². The molecule has 0 fully saturated rings. The van der Waals surface area contributed by atoms with E-state index in [2.05, 4.69) is 5.32 Å². The van der Waals surface area contributed by atoms with Crippen LogP contribution in [0, 0.1) is 0 Å². The molecule has 0 unspecified atom stereocenters. The van der Waals surface area contributed by atoms with Crippen LogP contribution in [-0.2, 0) is 9.59 Å². The standard InChI is InChI=1S/C15H23N3O3/c1-3-9-17-14(19)11-18(2)15(20)8-10-21-13-7-5-4-6-12(13)16/h4-7H,3,8-11,16H2,1-2H3,(H,17,19). The lowest BCUT2D eigenvalue weighted by Gasteiger charge is -2.17. The van der Waals surface area contributed by atoms with E-state index >= 15 is 0 Å². The van der Waals surface area contributed by atoms with Crippen LogP contribution in [0.3, 0.4) is 0 Å². The average Bonchev–Trinajstić information content (AvgIpc) is 2.46. The number of nitrogen functional groups attached to an aromatic ring is 1. The van der Waals surface area contributed by atoms with Gasteiger partial charge >= 0.3 is 0 Å². The summed E-state index contributed by atoms with van der Waals surface area (Å²) in [5.41, 5.74) is 6.28. The maximum atomic E-state index is 11.9. The summed E-state index contributed by atoms with van der Waals surface area (Å²) in [6.45, 7) is 2.89. The number of nitrogens with two attached hydrogens (primary N) is 1. The molecular weight excluding hydrogens is 270 g/mol. The van der Waals surface area contributed by atoms with Crippen LogP contribution < -0.4 is 15.8 Å². The normalized spacial score (nSPS) is 10.0. The molecule has 0 saturated heterocycles. The number of hydrogen-bond acceptors (Lipinski definition) is 4. The Morgan fingerprint density at radius 1 is 1.33 bits per heavy atom. The Labute approximate surface area is 125 Å². The number of carbonyl (C=O) groups is 2. The first-order valence-corrected chi connectivity index (χ1v) is 7.02. The fourth-order valence-corrected chi connectivity index (χ4v) is 1.68. The molecule has 0 aliphatic heterocycles. The molecule has 0 saturated carbocycles. The zero-order valence-corrected chi connectivity index (χ0v) is 12.6. The van der Waals surface area contributed by atoms with Crippen molar-refractivity contribution in [1.29, 1.82) is 0 Å². The molecule has 0 radical (unpaired) electrons. The molecule has 0 aromatic heterocycles. The molecule has 1 rings (SSSR count). The lowest BCUT2D eigenvalue weighted by Crippen LogP contribution is -2.38. The lowest BCUT2D eigenvalue weighted by molar-refractivity contribution is -0.135. The van der Waals surface area contributed by atoms with Crippen molar-refractivity contribution in [2.75, 3.05) is 32.5 Å². The zero-order chi connectivity index (χ0) is 15.7. The highest BCUT2D eigenvalue weighted by Crippen LogP contribution is 2.19. The van der Waals surface area contributed by atoms with E-state index in [-0.39, 0.29) is 31.4 Å². The number of anilines is 1. The van der Waals surface area contributed by atoms with Gasteiger partial charge in [0.15, 0.2) is 0 Å². The summed E-state index contributed by atoms with van der Waals surface area (Å²) in [5, 5.41) is 2.73. The topological polar surface area (TPSA) is 84.7 Å². The van der Waals surface area contributed by atoms with Crippen molar-refractivity contribution in [3.63, 3.8) is 0 Å². The third-order valence-corrected chi connectivity index (χ3v) is 2.87. The molecule has 1 aromatic rings. The van der Waals surface area contributed by atoms with E-state index < -0.39 is 0 Å². The lowest BCUT2D eigenvalue weighted by atomic mass is 10.3. The SMILES string of the molecule is CCCNC(=O)CN(C)C(=O)CCOc1ccccc1N. The highest BCUT2D eigenvalue weighted by Gasteiger charge is 2.12. The summed E-state index contributed by atoms with van der Waals surface area (Å²) in [6.07, 6.45) is 1.07. The highest BCUT2D eigenvalue weighted by atomic mass is 16.5. The number of amides is 2. The van der Waals surface area contributed by atoms with Crippen LogP contribution in [0.2, 0.25) is 0 Å². The van der Waals surface area contributed by atoms with Crippen molar-refractivity contribution in [1.82, 2.24) is 10.2 Å². The van der Waals surface area contributed by atoms with Gasteiger partial charge in [-0.1, -0.05) is 19.1 Å². The van der Waals surface area contributed by atoms with Gasteiger partial charge in [0.1, 0.15) is 5.75 Å². The summed E-state index contributed by atoms with van der Waals surface area (Å²) >= 11 is 0. The fourth-order valence-electron chi connectivity index (χ4n) is 1.68. The minimum Gasteiger partial charge on any atom is -0.491 e. The number of carbonyl (C=O) groups excluding carboxylic acids is 2. The summed E-state index contributed by atoms with van der Waals surface area (Å²) in [5.74, 6) is 0.269. The first kappa shape index (κ1) is 16.8. The highest BCUT2D eigenvalue weighted by molar-refractivity contribution is 5.84. The molecule has 0 atom stereocenters. The van der Waals surface area contributed by atoms with E-state index in [0.29, 0.717) is 18.0 Å². The molecule has 0 spiro atoms. The largest absolute Gasteiger partial charge is 0.491 e. The smallest absolute Gasteiger partial charge is 0.239 e. The third-order valence-electron chi connectivity index (χ3n) is 2.87. The Morgan fingerprint density at radius 2 is 2.05 bits per heavy atom. The van der Waals surface area contributed by atoms with E-state index in [1.165, 1.54) is 4.90 Å². The number of rotatable bonds is 8. The van der Waals surface area contributed by atoms with Gasteiger partial charge in [0, 0.05) is 13.6 Å². The van der Waals surface area contributed by atoms with Gasteiger partial charge in [0.05, 0.1) is 25.3 Å². The first-order chi connectivity index (χ1) is 10.0. The summed E-state index contributed by atoms with van der Waals surface area (Å²) < 4.78 is 5.45. The second-order valence-electron chi connectivity index (χ2n) is 4.74. The molecule has 0 aliphatic rings. The minimum atomic E-state index is -0.152. The van der Waals surface area contributed by atoms with Crippen LogP contribution in [0.15, 0.2) is 24.3 Å². The summed E-state index contributed by atoms with van der Waals surface area (Å²) in [6, 6.07) is 7.12. The molecule has 6 heteroatoms. The van der Waals surface area contributed by atoms with Crippen LogP contribution in [0.25, 0.3) is 0 Å². The van der Waals surface area contributed by atoms with Crippen LogP contribution in [-0.4, -0.2) is 43.5 Å². The second kappa shape index (κ2) is 8.84. The predicted octanol–water partition coefficient (Wildman–Crippen LogP) is 1.02. The Kier molecular flexibility index (Phi) is 7.08. The summed E-state index contributed by atoms with van der Waals surface area (Å²) in [4.78, 5) is 24.8. The van der Waals surface area contributed by atoms with Gasteiger partial charge in [-0.3, -0.25) is 9.59 Å². The van der Waals surface area contributed by atoms with Crippen LogP contribution in [0.1, 0.15) is 19.8 Å². The van der Waals surface area contributed by atoms with Gasteiger partial charge in [-0.25, -0.2) is 0 Å². The second-order valence-corrected chi connectivity index (χ2v) is 4.74. The number of hydrogen-bond donors (Lipinski definition) is 2. The van der Waals surface area contributed by atoms with Crippen LogP contribution in [0.4, 0.5) is 5.69 Å². The molecule has 3 N–H and O–H groups in total. The van der Waals surface area contributed by atoms with Crippen LogP contribution in [0.5, 0.6) is 5.75 Å². The number of nitrogens with zero attached hydrogens (tertiary/aromatic N) is 1. The molecule has 0 aliphatic carbocycles. The Morgan fingerprint density at radius 3 is 2.71 bits per heavy atom. The van der Waals surface area contributed by atoms with Gasteiger partial charge in [0.25, 0.3) is 0 Å². The molecule has 0 bridgehead atoms. The first-order valence-electron chi connectivity index (χ1n) is 7.02. The third kappa shape index (κ3) is 6.16. The summed E-state index contributed by atoms with van der Waals surface area (Å²) in [7, 11) is 1.60. The molecule has 2 amide bonds. The van der Waals surface area contributed by atoms with Crippen LogP contribution >= 0.6 is 0 Å². The zero-order valence-electron chi connectivity index (χ0n) is 12.6. The Balaban J connectivity index is 2.30. The molecular formula is C15H23N3O3. The molecule has 0 heterocycles. The Hall–Kier alpha value is -2.24. The van der Waals surface area contributed by atoms with E-state index in [0.717, 1.165) is 6.42 Å². The van der Waals surface area contributed by atoms with Crippen molar-refractivity contribution in [2.24, 2.45) is 0 Å². The Bertz CT molecular complexity index is 477. The molecule has 6 nitrogen and oxygen atoms in total. The van der Waals surface area contributed by atoms with E-state index in [4.69, 9.17) is 10.5 Å². The van der Waals surface area contributed by atoms with Gasteiger partial charge in [-0.2, -0.15) is 0 Å². The number of likely N-dealkylation sites (N-methyl/N-ethyl adjacent to an activating group) is 1. The van der Waals surface area contributed by atoms with Crippen molar-refractivity contribution in [3.8, 4) is 5.75 Å². The van der Waals surface area contributed by atoms with Gasteiger partial charge in [-0.15, -0.1) is 0 Å². The maximum absolute atomic E-state index is 11.9. The van der Waals surface area contributed by atoms with E-state index in [9.17, 15) is 9.59 Å². The molecule has 21 heavy (non-hydrogen) atoms. The fraction of sp³-hybridized carbons (Fsp3) is 0.467. The van der Waals surface area contributed by atoms with Crippen molar-refractivity contribution in [2.45, 2.75) is 19.8 Å². The number of ether oxygens (including phenoxy) is 1. The van der Waals surface area contributed by atoms with Crippen molar-refractivity contribution in [3.05, 3.63) is 24.3 Å². The minimum absolute atomic E-state index is 0.0618. The number of nitrogens with one attached hydrogen (secondary N) is 1. The van der Waals surface area contributed by atoms with Gasteiger partial charge in [-0.05, 0) is 18.6 Å². The average molecular weight is 293 g/mol. The van der Waals surface area contributed by atoms with Gasteiger partial charge in [0.2, 0.25) is 11.8 Å². The monoisotopic (exact) mass is 293 g/mol. The molecule has 116 valence electrons.